The van der Waals surface area contributed by atoms with E-state index in [0.29, 0.717) is 11.0 Å². The number of nitrogen functional groups attached to an aromatic ring is 1. The maximum absolute atomic E-state index is 5.89. The zero-order chi connectivity index (χ0) is 15.1. The van der Waals surface area contributed by atoms with Gasteiger partial charge in [-0.05, 0) is 12.1 Å². The largest absolute Gasteiger partial charge is 0.481 e. The van der Waals surface area contributed by atoms with E-state index in [9.17, 15) is 0 Å². The van der Waals surface area contributed by atoms with Crippen LogP contribution in [0.2, 0.25) is 0 Å². The number of aromatic nitrogens is 2. The van der Waals surface area contributed by atoms with E-state index in [1.165, 1.54) is 16.2 Å². The van der Waals surface area contributed by atoms with Gasteiger partial charge in [0.1, 0.15) is 0 Å². The zero-order valence-corrected chi connectivity index (χ0v) is 13.0. The van der Waals surface area contributed by atoms with Crippen molar-refractivity contribution in [3.8, 4) is 5.88 Å². The molecule has 6 heteroatoms. The number of nitrogens with zero attached hydrogens (tertiary/aromatic N) is 2. The summed E-state index contributed by atoms with van der Waals surface area (Å²) in [4.78, 5) is 10.2. The van der Waals surface area contributed by atoms with Gasteiger partial charge in [0.25, 0.3) is 0 Å². The highest BCUT2D eigenvalue weighted by atomic mass is 32.1. The number of thiazole rings is 1. The van der Waals surface area contributed by atoms with Crippen molar-refractivity contribution < 1.29 is 4.74 Å². The van der Waals surface area contributed by atoms with Crippen molar-refractivity contribution in [1.29, 1.82) is 0 Å². The van der Waals surface area contributed by atoms with Gasteiger partial charge >= 0.3 is 0 Å². The van der Waals surface area contributed by atoms with E-state index >= 15 is 0 Å². The fraction of sp³-hybridized carbons (Fsp3) is 0.250. The van der Waals surface area contributed by atoms with Crippen molar-refractivity contribution >= 4 is 27.4 Å². The molecule has 0 bridgehead atoms. The summed E-state index contributed by atoms with van der Waals surface area (Å²) in [5.74, 6) is 0.649. The van der Waals surface area contributed by atoms with Crippen LogP contribution in [0.4, 0.5) is 5.13 Å². The van der Waals surface area contributed by atoms with E-state index < -0.39 is 0 Å². The number of ether oxygens (including phenoxy) is 1. The second kappa shape index (κ2) is 5.23. The Morgan fingerprint density at radius 2 is 2.18 bits per heavy atom. The van der Waals surface area contributed by atoms with Gasteiger partial charge in [-0.1, -0.05) is 18.2 Å². The predicted octanol–water partition coefficient (Wildman–Crippen LogP) is 2.52. The summed E-state index contributed by atoms with van der Waals surface area (Å²) in [5, 5.41) is 5.26. The quantitative estimate of drug-likeness (QED) is 0.760. The molecule has 4 rings (SSSR count). The minimum absolute atomic E-state index is 0.0330. The average Bonchev–Trinajstić information content (AvgIpc) is 2.93. The Bertz CT molecular complexity index is 845. The van der Waals surface area contributed by atoms with Crippen molar-refractivity contribution in [3.05, 3.63) is 46.5 Å². The van der Waals surface area contributed by atoms with Crippen LogP contribution in [-0.2, 0) is 6.42 Å². The third kappa shape index (κ3) is 2.12. The van der Waals surface area contributed by atoms with Gasteiger partial charge in [0, 0.05) is 23.9 Å². The Balaban J connectivity index is 1.90. The number of hydrogen-bond donors (Lipinski definition) is 2. The number of nitrogens with two attached hydrogens (primary N) is 1. The molecule has 0 saturated heterocycles. The van der Waals surface area contributed by atoms with Crippen molar-refractivity contribution in [1.82, 2.24) is 15.3 Å². The normalized spacial score (nSPS) is 17.4. The molecule has 3 N–H and O–H groups in total. The maximum Gasteiger partial charge on any atom is 0.218 e. The van der Waals surface area contributed by atoms with Crippen LogP contribution in [0, 0.1) is 0 Å². The lowest BCUT2D eigenvalue weighted by Crippen LogP contribution is -2.30. The van der Waals surface area contributed by atoms with E-state index in [1.54, 1.807) is 7.11 Å². The fourth-order valence-corrected chi connectivity index (χ4v) is 3.93. The van der Waals surface area contributed by atoms with Gasteiger partial charge in [-0.25, -0.2) is 9.97 Å². The molecule has 0 fully saturated rings. The second-order valence-electron chi connectivity index (χ2n) is 5.28. The minimum Gasteiger partial charge on any atom is -0.481 e. The molecule has 112 valence electrons. The lowest BCUT2D eigenvalue weighted by atomic mass is 9.99. The van der Waals surface area contributed by atoms with Crippen LogP contribution in [0.3, 0.4) is 0 Å². The van der Waals surface area contributed by atoms with Gasteiger partial charge in [-0.2, -0.15) is 0 Å². The van der Waals surface area contributed by atoms with Crippen LogP contribution in [-0.4, -0.2) is 23.6 Å². The molecule has 0 radical (unpaired) electrons. The van der Waals surface area contributed by atoms with Crippen molar-refractivity contribution in [2.24, 2.45) is 0 Å². The lowest BCUT2D eigenvalue weighted by Gasteiger charge is -2.24. The number of rotatable bonds is 2. The average molecular weight is 312 g/mol. The summed E-state index contributed by atoms with van der Waals surface area (Å²) in [6.45, 7) is 0.872. The topological polar surface area (TPSA) is 73.1 Å². The van der Waals surface area contributed by atoms with E-state index in [0.717, 1.165) is 35.1 Å². The molecule has 1 aliphatic rings. The Morgan fingerprint density at radius 3 is 3.05 bits per heavy atom. The molecular weight excluding hydrogens is 296 g/mol. The monoisotopic (exact) mass is 312 g/mol. The summed E-state index contributed by atoms with van der Waals surface area (Å²) in [7, 11) is 1.66. The van der Waals surface area contributed by atoms with Crippen LogP contribution < -0.4 is 15.8 Å². The van der Waals surface area contributed by atoms with E-state index in [2.05, 4.69) is 27.4 Å². The van der Waals surface area contributed by atoms with Gasteiger partial charge in [-0.3, -0.25) is 0 Å². The fourth-order valence-electron chi connectivity index (χ4n) is 2.95. The zero-order valence-electron chi connectivity index (χ0n) is 12.2. The molecule has 22 heavy (non-hydrogen) atoms. The standard InChI is InChI=1S/C16H16N4OS/c1-21-15-10(8-9-4-2-3-5-11(9)19-15)13-14-12(6-7-18-13)20-16(17)22-14/h2-5,8,13,18H,6-7H2,1H3,(H2,17,20)/t13-/m0/s1. The van der Waals surface area contributed by atoms with Crippen LogP contribution >= 0.6 is 11.3 Å². The number of anilines is 1. The van der Waals surface area contributed by atoms with Gasteiger partial charge in [0.2, 0.25) is 5.88 Å². The maximum atomic E-state index is 5.89. The summed E-state index contributed by atoms with van der Waals surface area (Å²) in [6.07, 6.45) is 0.906. The lowest BCUT2D eigenvalue weighted by molar-refractivity contribution is 0.388. The van der Waals surface area contributed by atoms with Gasteiger partial charge in [-0.15, -0.1) is 11.3 Å². The Morgan fingerprint density at radius 1 is 1.32 bits per heavy atom. The molecule has 2 aromatic heterocycles. The first kappa shape index (κ1) is 13.5. The first-order valence-electron chi connectivity index (χ1n) is 7.18. The van der Waals surface area contributed by atoms with Crippen LogP contribution in [0.1, 0.15) is 22.2 Å². The molecular formula is C16H16N4OS. The van der Waals surface area contributed by atoms with E-state index in [1.807, 2.05) is 18.2 Å². The minimum atomic E-state index is 0.0330. The number of benzene rings is 1. The molecule has 0 saturated carbocycles. The van der Waals surface area contributed by atoms with Gasteiger partial charge < -0.3 is 15.8 Å². The SMILES string of the molecule is COc1nc2ccccc2cc1[C@@H]1NCCc2nc(N)sc21. The van der Waals surface area contributed by atoms with Crippen LogP contribution in [0.15, 0.2) is 30.3 Å². The molecule has 1 aliphatic heterocycles. The van der Waals surface area contributed by atoms with Crippen molar-refractivity contribution in [2.75, 3.05) is 19.4 Å². The number of hydrogen-bond acceptors (Lipinski definition) is 6. The summed E-state index contributed by atoms with van der Waals surface area (Å²) in [6, 6.07) is 10.2. The molecule has 0 spiro atoms. The Kier molecular flexibility index (Phi) is 3.20. The summed E-state index contributed by atoms with van der Waals surface area (Å²) >= 11 is 1.54. The number of fused-ring (bicyclic) bond motifs is 2. The molecule has 1 atom stereocenters. The highest BCUT2D eigenvalue weighted by Crippen LogP contribution is 2.38. The molecule has 5 nitrogen and oxygen atoms in total. The smallest absolute Gasteiger partial charge is 0.218 e. The third-order valence-corrected chi connectivity index (χ3v) is 4.93. The molecule has 0 aliphatic carbocycles. The van der Waals surface area contributed by atoms with E-state index in [4.69, 9.17) is 10.5 Å². The van der Waals surface area contributed by atoms with Gasteiger partial charge in [0.05, 0.1) is 29.2 Å². The second-order valence-corrected chi connectivity index (χ2v) is 6.34. The van der Waals surface area contributed by atoms with E-state index in [-0.39, 0.29) is 6.04 Å². The number of methoxy groups -OCH3 is 1. The summed E-state index contributed by atoms with van der Waals surface area (Å²) < 4.78 is 5.53. The van der Waals surface area contributed by atoms with Crippen LogP contribution in [0.25, 0.3) is 10.9 Å². The molecule has 3 aromatic rings. The first-order valence-corrected chi connectivity index (χ1v) is 8.00. The predicted molar refractivity (Wildman–Crippen MR) is 88.4 cm³/mol. The molecule has 0 amide bonds. The highest BCUT2D eigenvalue weighted by Gasteiger charge is 2.28. The first-order chi connectivity index (χ1) is 10.8. The number of pyridine rings is 1. The van der Waals surface area contributed by atoms with Crippen molar-refractivity contribution in [3.63, 3.8) is 0 Å². The Labute approximate surface area is 132 Å². The highest BCUT2D eigenvalue weighted by molar-refractivity contribution is 7.15. The third-order valence-electron chi connectivity index (χ3n) is 3.94. The summed E-state index contributed by atoms with van der Waals surface area (Å²) in [5.41, 5.74) is 8.94. The Hall–Kier alpha value is -2.18. The molecule has 3 heterocycles. The molecule has 0 unspecified atom stereocenters. The van der Waals surface area contributed by atoms with Crippen molar-refractivity contribution in [2.45, 2.75) is 12.5 Å². The number of nitrogens with one attached hydrogen (secondary N) is 1. The van der Waals surface area contributed by atoms with Gasteiger partial charge in [0.15, 0.2) is 5.13 Å². The number of para-hydroxylation sites is 1. The molecule has 1 aromatic carbocycles. The van der Waals surface area contributed by atoms with Crippen LogP contribution in [0.5, 0.6) is 5.88 Å².